The van der Waals surface area contributed by atoms with Gasteiger partial charge in [-0.05, 0) is 11.4 Å². The lowest BCUT2D eigenvalue weighted by atomic mass is 10.2. The summed E-state index contributed by atoms with van der Waals surface area (Å²) in [6.07, 6.45) is 13.1. The number of hydrogen-bond acceptors (Lipinski definition) is 1. The fraction of sp³-hybridized carbons (Fsp3) is 0.0909. The molecule has 0 nitrogen and oxygen atoms in total. The van der Waals surface area contributed by atoms with Gasteiger partial charge in [-0.2, -0.15) is 0 Å². The highest BCUT2D eigenvalue weighted by Crippen LogP contribution is 2.10. The van der Waals surface area contributed by atoms with Gasteiger partial charge in [0.05, 0.1) is 5.57 Å². The van der Waals surface area contributed by atoms with Crippen LogP contribution < -0.4 is 0 Å². The zero-order valence-electron chi connectivity index (χ0n) is 6.58. The van der Waals surface area contributed by atoms with Crippen molar-refractivity contribution in [1.82, 2.24) is 0 Å². The number of hydrogen-bond donors (Lipinski definition) is 0. The first-order chi connectivity index (χ1) is 5.86. The SMILES string of the molecule is C#CC(C#C)=CCc1cccs1. The van der Waals surface area contributed by atoms with Crippen LogP contribution in [-0.4, -0.2) is 0 Å². The van der Waals surface area contributed by atoms with Crippen LogP contribution in [0, 0.1) is 24.7 Å². The van der Waals surface area contributed by atoms with E-state index in [0.29, 0.717) is 5.57 Å². The molecule has 1 rings (SSSR count). The van der Waals surface area contributed by atoms with Crippen LogP contribution in [0.15, 0.2) is 29.2 Å². The first-order valence-electron chi connectivity index (χ1n) is 3.52. The minimum atomic E-state index is 0.628. The van der Waals surface area contributed by atoms with Crippen molar-refractivity contribution in [3.8, 4) is 24.7 Å². The van der Waals surface area contributed by atoms with E-state index in [0.717, 1.165) is 6.42 Å². The summed E-state index contributed by atoms with van der Waals surface area (Å²) in [5, 5.41) is 2.04. The average Bonchev–Trinajstić information content (AvgIpc) is 2.59. The average molecular weight is 172 g/mol. The lowest BCUT2D eigenvalue weighted by molar-refractivity contribution is 1.33. The van der Waals surface area contributed by atoms with E-state index in [9.17, 15) is 0 Å². The van der Waals surface area contributed by atoms with Crippen LogP contribution in [0.5, 0.6) is 0 Å². The topological polar surface area (TPSA) is 0 Å². The molecule has 0 saturated heterocycles. The highest BCUT2D eigenvalue weighted by molar-refractivity contribution is 7.09. The first kappa shape index (κ1) is 8.65. The molecule has 1 aromatic rings. The molecule has 0 fully saturated rings. The summed E-state index contributed by atoms with van der Waals surface area (Å²) in [6, 6.07) is 4.07. The summed E-state index contributed by atoms with van der Waals surface area (Å²) in [6.45, 7) is 0. The van der Waals surface area contributed by atoms with E-state index in [-0.39, 0.29) is 0 Å². The number of thiophene rings is 1. The van der Waals surface area contributed by atoms with Crippen LogP contribution in [0.4, 0.5) is 0 Å². The molecule has 58 valence electrons. The van der Waals surface area contributed by atoms with Gasteiger partial charge in [0.25, 0.3) is 0 Å². The van der Waals surface area contributed by atoms with Gasteiger partial charge in [-0.1, -0.05) is 24.0 Å². The molecular formula is C11H8S. The number of allylic oxidation sites excluding steroid dienone is 2. The Morgan fingerprint density at radius 2 is 2.25 bits per heavy atom. The summed E-state index contributed by atoms with van der Waals surface area (Å²) < 4.78 is 0. The zero-order valence-corrected chi connectivity index (χ0v) is 7.40. The lowest BCUT2D eigenvalue weighted by Crippen LogP contribution is -1.76. The molecule has 1 aromatic heterocycles. The maximum absolute atomic E-state index is 5.17. The molecule has 0 aliphatic rings. The van der Waals surface area contributed by atoms with E-state index in [1.807, 2.05) is 17.5 Å². The number of rotatable bonds is 2. The summed E-state index contributed by atoms with van der Waals surface area (Å²) in [7, 11) is 0. The molecule has 0 N–H and O–H groups in total. The predicted molar refractivity (Wildman–Crippen MR) is 53.8 cm³/mol. The Bertz CT molecular complexity index is 325. The fourth-order valence-corrected chi connectivity index (χ4v) is 1.46. The molecule has 0 amide bonds. The molecule has 0 aliphatic heterocycles. The van der Waals surface area contributed by atoms with Crippen molar-refractivity contribution in [2.45, 2.75) is 6.42 Å². The molecule has 1 heteroatoms. The quantitative estimate of drug-likeness (QED) is 0.601. The van der Waals surface area contributed by atoms with Gasteiger partial charge in [0, 0.05) is 11.3 Å². The van der Waals surface area contributed by atoms with E-state index >= 15 is 0 Å². The van der Waals surface area contributed by atoms with Gasteiger partial charge in [0.2, 0.25) is 0 Å². The third kappa shape index (κ3) is 2.31. The molecule has 0 saturated carbocycles. The highest BCUT2D eigenvalue weighted by atomic mass is 32.1. The van der Waals surface area contributed by atoms with Gasteiger partial charge >= 0.3 is 0 Å². The van der Waals surface area contributed by atoms with E-state index in [1.54, 1.807) is 11.3 Å². The predicted octanol–water partition coefficient (Wildman–Crippen LogP) is 2.48. The van der Waals surface area contributed by atoms with Gasteiger partial charge in [0.15, 0.2) is 0 Å². The first-order valence-corrected chi connectivity index (χ1v) is 4.40. The van der Waals surface area contributed by atoms with Crippen molar-refractivity contribution in [3.63, 3.8) is 0 Å². The van der Waals surface area contributed by atoms with Crippen LogP contribution in [0.3, 0.4) is 0 Å². The Morgan fingerprint density at radius 3 is 2.75 bits per heavy atom. The normalized spacial score (nSPS) is 8.17. The second-order valence-corrected chi connectivity index (χ2v) is 3.22. The molecule has 0 bridgehead atoms. The minimum absolute atomic E-state index is 0.628. The standard InChI is InChI=1S/C11H8S/c1-3-10(4-2)7-8-11-6-5-9-12-11/h1-2,5-7,9H,8H2. The van der Waals surface area contributed by atoms with Crippen LogP contribution in [-0.2, 0) is 6.42 Å². The maximum Gasteiger partial charge on any atom is 0.0702 e. The second-order valence-electron chi connectivity index (χ2n) is 2.19. The Morgan fingerprint density at radius 1 is 1.50 bits per heavy atom. The van der Waals surface area contributed by atoms with E-state index in [2.05, 4.69) is 17.9 Å². The molecule has 0 spiro atoms. The summed E-state index contributed by atoms with van der Waals surface area (Å²) >= 11 is 1.70. The van der Waals surface area contributed by atoms with Gasteiger partial charge in [0.1, 0.15) is 0 Å². The van der Waals surface area contributed by atoms with Crippen molar-refractivity contribution >= 4 is 11.3 Å². The molecule has 1 heterocycles. The minimum Gasteiger partial charge on any atom is -0.149 e. The van der Waals surface area contributed by atoms with Crippen molar-refractivity contribution in [3.05, 3.63) is 34.0 Å². The van der Waals surface area contributed by atoms with Gasteiger partial charge in [-0.25, -0.2) is 0 Å². The van der Waals surface area contributed by atoms with Gasteiger partial charge in [-0.15, -0.1) is 24.2 Å². The van der Waals surface area contributed by atoms with Crippen LogP contribution in [0.2, 0.25) is 0 Å². The van der Waals surface area contributed by atoms with Crippen molar-refractivity contribution in [2.75, 3.05) is 0 Å². The fourth-order valence-electron chi connectivity index (χ4n) is 0.791. The highest BCUT2D eigenvalue weighted by Gasteiger charge is 1.90. The summed E-state index contributed by atoms with van der Waals surface area (Å²) in [5.74, 6) is 4.89. The van der Waals surface area contributed by atoms with Crippen molar-refractivity contribution < 1.29 is 0 Å². The van der Waals surface area contributed by atoms with Crippen molar-refractivity contribution in [2.24, 2.45) is 0 Å². The molecule has 0 unspecified atom stereocenters. The van der Waals surface area contributed by atoms with Gasteiger partial charge in [-0.3, -0.25) is 0 Å². The summed E-state index contributed by atoms with van der Waals surface area (Å²) in [5.41, 5.74) is 0.628. The molecule has 0 atom stereocenters. The Balaban J connectivity index is 2.63. The third-order valence-corrected chi connectivity index (χ3v) is 2.30. The molecule has 0 aromatic carbocycles. The lowest BCUT2D eigenvalue weighted by Gasteiger charge is -1.88. The van der Waals surface area contributed by atoms with E-state index < -0.39 is 0 Å². The Hall–Kier alpha value is -1.44. The van der Waals surface area contributed by atoms with Gasteiger partial charge < -0.3 is 0 Å². The maximum atomic E-state index is 5.17. The van der Waals surface area contributed by atoms with E-state index in [4.69, 9.17) is 12.8 Å². The smallest absolute Gasteiger partial charge is 0.0702 e. The summed E-state index contributed by atoms with van der Waals surface area (Å²) in [4.78, 5) is 1.28. The molecule has 12 heavy (non-hydrogen) atoms. The van der Waals surface area contributed by atoms with Crippen molar-refractivity contribution in [1.29, 1.82) is 0 Å². The monoisotopic (exact) mass is 172 g/mol. The zero-order chi connectivity index (χ0) is 8.81. The van der Waals surface area contributed by atoms with E-state index in [1.165, 1.54) is 4.88 Å². The van der Waals surface area contributed by atoms with Crippen LogP contribution >= 0.6 is 11.3 Å². The van der Waals surface area contributed by atoms with Crippen LogP contribution in [0.25, 0.3) is 0 Å². The third-order valence-electron chi connectivity index (χ3n) is 1.40. The largest absolute Gasteiger partial charge is 0.149 e. The Kier molecular flexibility index (Phi) is 3.20. The molecular weight excluding hydrogens is 164 g/mol. The Labute approximate surface area is 76.9 Å². The van der Waals surface area contributed by atoms with Crippen LogP contribution in [0.1, 0.15) is 4.88 Å². The molecule has 0 radical (unpaired) electrons. The molecule has 0 aliphatic carbocycles. The number of terminal acetylenes is 2. The second kappa shape index (κ2) is 4.44.